The van der Waals surface area contributed by atoms with E-state index in [1.807, 2.05) is 0 Å². The summed E-state index contributed by atoms with van der Waals surface area (Å²) in [6, 6.07) is 8.13. The molecule has 2 rings (SSSR count). The maximum absolute atomic E-state index is 12.6. The van der Waals surface area contributed by atoms with E-state index >= 15 is 0 Å². The minimum absolute atomic E-state index is 0.214. The Morgan fingerprint density at radius 2 is 2.14 bits per heavy atom. The first-order valence-electron chi connectivity index (χ1n) is 6.63. The summed E-state index contributed by atoms with van der Waals surface area (Å²) in [5, 5.41) is 0.594. The molecule has 0 aliphatic rings. The predicted molar refractivity (Wildman–Crippen MR) is 81.4 cm³/mol. The lowest BCUT2D eigenvalue weighted by Gasteiger charge is -2.17. The monoisotopic (exact) mass is 309 g/mol. The SMILES string of the molecule is COCC(CCN)NS(=O)(=O)c1cccc2ncccc12. The molecule has 7 heteroatoms. The van der Waals surface area contributed by atoms with E-state index in [-0.39, 0.29) is 17.5 Å². The Morgan fingerprint density at radius 1 is 1.33 bits per heavy atom. The molecule has 0 fully saturated rings. The largest absolute Gasteiger partial charge is 0.383 e. The van der Waals surface area contributed by atoms with Gasteiger partial charge in [-0.3, -0.25) is 4.98 Å². The molecule has 6 nitrogen and oxygen atoms in total. The van der Waals surface area contributed by atoms with Gasteiger partial charge in [0.25, 0.3) is 0 Å². The average molecular weight is 309 g/mol. The normalized spacial score (nSPS) is 13.4. The topological polar surface area (TPSA) is 94.3 Å². The number of aromatic nitrogens is 1. The Hall–Kier alpha value is -1.54. The lowest BCUT2D eigenvalue weighted by Crippen LogP contribution is -2.39. The number of nitrogens with two attached hydrogens (primary N) is 1. The highest BCUT2D eigenvalue weighted by atomic mass is 32.2. The first kappa shape index (κ1) is 15.8. The smallest absolute Gasteiger partial charge is 0.241 e. The Labute approximate surface area is 124 Å². The highest BCUT2D eigenvalue weighted by Crippen LogP contribution is 2.21. The molecule has 0 aliphatic carbocycles. The van der Waals surface area contributed by atoms with Gasteiger partial charge in [0.1, 0.15) is 0 Å². The third-order valence-electron chi connectivity index (χ3n) is 3.10. The second kappa shape index (κ2) is 6.95. The molecule has 1 aromatic heterocycles. The molecule has 0 bridgehead atoms. The van der Waals surface area contributed by atoms with Crippen LogP contribution in [0, 0.1) is 0 Å². The zero-order valence-electron chi connectivity index (χ0n) is 11.8. The van der Waals surface area contributed by atoms with Gasteiger partial charge < -0.3 is 10.5 Å². The third kappa shape index (κ3) is 3.76. The first-order chi connectivity index (χ1) is 10.1. The summed E-state index contributed by atoms with van der Waals surface area (Å²) >= 11 is 0. The highest BCUT2D eigenvalue weighted by molar-refractivity contribution is 7.89. The molecule has 0 amide bonds. The molecule has 0 radical (unpaired) electrons. The Balaban J connectivity index is 2.37. The molecule has 0 saturated carbocycles. The Kier molecular flexibility index (Phi) is 5.24. The number of hydrogen-bond donors (Lipinski definition) is 2. The Bertz CT molecular complexity index is 692. The quantitative estimate of drug-likeness (QED) is 0.791. The van der Waals surface area contributed by atoms with Crippen molar-refractivity contribution in [2.24, 2.45) is 5.73 Å². The molecule has 2 aromatic rings. The molecule has 114 valence electrons. The van der Waals surface area contributed by atoms with E-state index in [0.717, 1.165) is 0 Å². The van der Waals surface area contributed by atoms with E-state index < -0.39 is 10.0 Å². The van der Waals surface area contributed by atoms with Gasteiger partial charge in [0.2, 0.25) is 10.0 Å². The summed E-state index contributed by atoms with van der Waals surface area (Å²) in [4.78, 5) is 4.38. The lowest BCUT2D eigenvalue weighted by atomic mass is 10.2. The number of sulfonamides is 1. The van der Waals surface area contributed by atoms with Crippen molar-refractivity contribution in [3.8, 4) is 0 Å². The van der Waals surface area contributed by atoms with Crippen LogP contribution >= 0.6 is 0 Å². The predicted octanol–water partition coefficient (Wildman–Crippen LogP) is 0.877. The van der Waals surface area contributed by atoms with Crippen LogP contribution in [0.3, 0.4) is 0 Å². The Morgan fingerprint density at radius 3 is 2.86 bits per heavy atom. The van der Waals surface area contributed by atoms with Crippen LogP contribution in [0.15, 0.2) is 41.4 Å². The van der Waals surface area contributed by atoms with Crippen LogP contribution in [0.25, 0.3) is 10.9 Å². The zero-order valence-corrected chi connectivity index (χ0v) is 12.6. The molecular formula is C14H19N3O3S. The molecule has 0 spiro atoms. The van der Waals surface area contributed by atoms with Gasteiger partial charge in [0.05, 0.1) is 17.0 Å². The summed E-state index contributed by atoms with van der Waals surface area (Å²) in [5.74, 6) is 0. The van der Waals surface area contributed by atoms with Crippen LogP contribution in [-0.4, -0.2) is 39.7 Å². The molecule has 21 heavy (non-hydrogen) atoms. The fourth-order valence-electron chi connectivity index (χ4n) is 2.17. The molecule has 1 aromatic carbocycles. The van der Waals surface area contributed by atoms with Crippen molar-refractivity contribution in [2.75, 3.05) is 20.3 Å². The average Bonchev–Trinajstić information content (AvgIpc) is 2.47. The number of hydrogen-bond acceptors (Lipinski definition) is 5. The summed E-state index contributed by atoms with van der Waals surface area (Å²) in [6.45, 7) is 0.660. The van der Waals surface area contributed by atoms with Gasteiger partial charge in [0.15, 0.2) is 0 Å². The number of nitrogens with one attached hydrogen (secondary N) is 1. The number of fused-ring (bicyclic) bond motifs is 1. The molecular weight excluding hydrogens is 290 g/mol. The van der Waals surface area contributed by atoms with Crippen molar-refractivity contribution in [1.29, 1.82) is 0 Å². The molecule has 1 unspecified atom stereocenters. The van der Waals surface area contributed by atoms with Crippen LogP contribution in [0.5, 0.6) is 0 Å². The van der Waals surface area contributed by atoms with Gasteiger partial charge in [-0.15, -0.1) is 0 Å². The second-order valence-corrected chi connectivity index (χ2v) is 6.36. The van der Waals surface area contributed by atoms with Crippen LogP contribution in [0.1, 0.15) is 6.42 Å². The number of methoxy groups -OCH3 is 1. The minimum Gasteiger partial charge on any atom is -0.383 e. The maximum atomic E-state index is 12.6. The molecule has 3 N–H and O–H groups in total. The van der Waals surface area contributed by atoms with Gasteiger partial charge in [-0.25, -0.2) is 13.1 Å². The van der Waals surface area contributed by atoms with Crippen molar-refractivity contribution >= 4 is 20.9 Å². The van der Waals surface area contributed by atoms with E-state index in [9.17, 15) is 8.42 Å². The van der Waals surface area contributed by atoms with Crippen molar-refractivity contribution in [3.05, 3.63) is 36.5 Å². The van der Waals surface area contributed by atoms with Crippen molar-refractivity contribution < 1.29 is 13.2 Å². The molecule has 1 heterocycles. The first-order valence-corrected chi connectivity index (χ1v) is 8.12. The number of rotatable bonds is 7. The van der Waals surface area contributed by atoms with Gasteiger partial charge in [-0.05, 0) is 37.2 Å². The maximum Gasteiger partial charge on any atom is 0.241 e. The highest BCUT2D eigenvalue weighted by Gasteiger charge is 2.21. The molecule has 0 saturated heterocycles. The van der Waals surface area contributed by atoms with Crippen LogP contribution in [0.4, 0.5) is 0 Å². The summed E-state index contributed by atoms with van der Waals surface area (Å²) < 4.78 is 32.8. The lowest BCUT2D eigenvalue weighted by molar-refractivity contribution is 0.172. The van der Waals surface area contributed by atoms with Crippen LogP contribution in [-0.2, 0) is 14.8 Å². The molecule has 1 atom stereocenters. The number of ether oxygens (including phenoxy) is 1. The standard InChI is InChI=1S/C14H19N3O3S/c1-20-10-11(7-8-15)17-21(18,19)14-6-2-5-13-12(14)4-3-9-16-13/h2-6,9,11,17H,7-8,10,15H2,1H3. The third-order valence-corrected chi connectivity index (χ3v) is 4.68. The van der Waals surface area contributed by atoms with Crippen molar-refractivity contribution in [1.82, 2.24) is 9.71 Å². The van der Waals surface area contributed by atoms with E-state index in [4.69, 9.17) is 10.5 Å². The summed E-state index contributed by atoms with van der Waals surface area (Å²) in [5.41, 5.74) is 6.15. The fraction of sp³-hybridized carbons (Fsp3) is 0.357. The van der Waals surface area contributed by atoms with E-state index in [0.29, 0.717) is 23.9 Å². The van der Waals surface area contributed by atoms with E-state index in [1.54, 1.807) is 36.5 Å². The van der Waals surface area contributed by atoms with Gasteiger partial charge in [0, 0.05) is 24.7 Å². The van der Waals surface area contributed by atoms with E-state index in [1.165, 1.54) is 7.11 Å². The summed E-state index contributed by atoms with van der Waals surface area (Å²) in [6.07, 6.45) is 2.14. The number of nitrogens with zero attached hydrogens (tertiary/aromatic N) is 1. The minimum atomic E-state index is -3.66. The zero-order chi connectivity index (χ0) is 15.3. The fourth-order valence-corrected chi connectivity index (χ4v) is 3.64. The molecule has 0 aliphatic heterocycles. The van der Waals surface area contributed by atoms with Crippen LogP contribution in [0.2, 0.25) is 0 Å². The van der Waals surface area contributed by atoms with Crippen molar-refractivity contribution in [3.63, 3.8) is 0 Å². The van der Waals surface area contributed by atoms with Gasteiger partial charge in [-0.2, -0.15) is 0 Å². The van der Waals surface area contributed by atoms with Gasteiger partial charge >= 0.3 is 0 Å². The number of pyridine rings is 1. The van der Waals surface area contributed by atoms with Gasteiger partial charge in [-0.1, -0.05) is 6.07 Å². The van der Waals surface area contributed by atoms with Crippen LogP contribution < -0.4 is 10.5 Å². The second-order valence-electron chi connectivity index (χ2n) is 4.68. The van der Waals surface area contributed by atoms with Crippen molar-refractivity contribution in [2.45, 2.75) is 17.4 Å². The number of benzene rings is 1. The van der Waals surface area contributed by atoms with E-state index in [2.05, 4.69) is 9.71 Å². The summed E-state index contributed by atoms with van der Waals surface area (Å²) in [7, 11) is -2.13.